The zero-order valence-corrected chi connectivity index (χ0v) is 8.00. The van der Waals surface area contributed by atoms with Crippen LogP contribution in [0.15, 0.2) is 0 Å². The predicted molar refractivity (Wildman–Crippen MR) is 44.5 cm³/mol. The molecule has 0 aromatic carbocycles. The molecule has 2 aliphatic heterocycles. The average molecular weight is 211 g/mol. The van der Waals surface area contributed by atoms with Crippen molar-refractivity contribution in [2.24, 2.45) is 11.8 Å². The summed E-state index contributed by atoms with van der Waals surface area (Å²) < 4.78 is 9.81. The number of carbonyl (C=O) groups is 3. The van der Waals surface area contributed by atoms with Gasteiger partial charge in [-0.1, -0.05) is 0 Å². The molecule has 0 aromatic heterocycles. The van der Waals surface area contributed by atoms with Crippen molar-refractivity contribution in [3.8, 4) is 0 Å². The number of amides is 1. The van der Waals surface area contributed by atoms with Gasteiger partial charge in [0.2, 0.25) is 0 Å². The van der Waals surface area contributed by atoms with E-state index in [0.717, 1.165) is 0 Å². The van der Waals surface area contributed by atoms with Crippen molar-refractivity contribution in [3.63, 3.8) is 0 Å². The molecular formula is C9H9NO5. The van der Waals surface area contributed by atoms with Crippen molar-refractivity contribution < 1.29 is 23.9 Å². The van der Waals surface area contributed by atoms with Gasteiger partial charge < -0.3 is 9.47 Å². The van der Waals surface area contributed by atoms with Gasteiger partial charge in [0, 0.05) is 6.92 Å². The Morgan fingerprint density at radius 2 is 2.20 bits per heavy atom. The van der Waals surface area contributed by atoms with Crippen molar-refractivity contribution in [1.29, 1.82) is 0 Å². The van der Waals surface area contributed by atoms with Gasteiger partial charge in [-0.2, -0.15) is 0 Å². The molecule has 6 heteroatoms. The number of Topliss-reactive ketones (excluding diaryl/α,β-unsaturated/α-hetero) is 1. The van der Waals surface area contributed by atoms with Gasteiger partial charge in [0.25, 0.3) is 0 Å². The highest BCUT2D eigenvalue weighted by Crippen LogP contribution is 2.52. The van der Waals surface area contributed by atoms with Crippen LogP contribution in [0.25, 0.3) is 0 Å². The smallest absolute Gasteiger partial charge is 0.413 e. The van der Waals surface area contributed by atoms with Crippen molar-refractivity contribution in [2.45, 2.75) is 19.2 Å². The number of esters is 1. The Hall–Kier alpha value is -1.59. The quantitative estimate of drug-likeness (QED) is 0.548. The summed E-state index contributed by atoms with van der Waals surface area (Å²) in [5.74, 6) is -0.910. The molecule has 4 atom stereocenters. The first kappa shape index (κ1) is 8.70. The van der Waals surface area contributed by atoms with E-state index < -0.39 is 18.3 Å². The number of ether oxygens (including phenoxy) is 2. The number of ketones is 1. The molecule has 0 radical (unpaired) electrons. The summed E-state index contributed by atoms with van der Waals surface area (Å²) in [7, 11) is 0. The summed E-state index contributed by atoms with van der Waals surface area (Å²) in [6.45, 7) is 1.49. The highest BCUT2D eigenvalue weighted by molar-refractivity contribution is 6.03. The van der Waals surface area contributed by atoms with E-state index in [1.54, 1.807) is 0 Å². The van der Waals surface area contributed by atoms with Crippen molar-refractivity contribution in [2.75, 3.05) is 6.61 Å². The fraction of sp³-hybridized carbons (Fsp3) is 0.667. The molecule has 2 heterocycles. The van der Waals surface area contributed by atoms with Gasteiger partial charge in [0.1, 0.15) is 12.4 Å². The lowest BCUT2D eigenvalue weighted by Gasteiger charge is -2.23. The number of cyclic esters (lactones) is 1. The lowest BCUT2D eigenvalue weighted by atomic mass is 10.2. The van der Waals surface area contributed by atoms with Crippen LogP contribution in [0.4, 0.5) is 4.79 Å². The van der Waals surface area contributed by atoms with Gasteiger partial charge in [0.05, 0.1) is 17.9 Å². The van der Waals surface area contributed by atoms with Crippen molar-refractivity contribution in [1.82, 2.24) is 4.90 Å². The van der Waals surface area contributed by atoms with E-state index in [4.69, 9.17) is 9.47 Å². The van der Waals surface area contributed by atoms with E-state index in [0.29, 0.717) is 0 Å². The van der Waals surface area contributed by atoms with Crippen LogP contribution < -0.4 is 0 Å². The third-order valence-corrected chi connectivity index (χ3v) is 3.16. The fourth-order valence-corrected chi connectivity index (χ4v) is 2.52. The molecule has 1 aliphatic carbocycles. The highest BCUT2D eigenvalue weighted by atomic mass is 16.6. The SMILES string of the molecule is CC(=O)OC1C2C(=O)C2C2COC(=O)N21. The fourth-order valence-electron chi connectivity index (χ4n) is 2.52. The Balaban J connectivity index is 1.88. The topological polar surface area (TPSA) is 72.9 Å². The summed E-state index contributed by atoms with van der Waals surface area (Å²) in [6, 6.07) is -0.223. The molecule has 1 amide bonds. The van der Waals surface area contributed by atoms with E-state index in [1.165, 1.54) is 11.8 Å². The first-order valence-corrected chi connectivity index (χ1v) is 4.77. The zero-order valence-electron chi connectivity index (χ0n) is 8.00. The maximum Gasteiger partial charge on any atom is 0.413 e. The van der Waals surface area contributed by atoms with E-state index in [-0.39, 0.29) is 30.3 Å². The van der Waals surface area contributed by atoms with Gasteiger partial charge in [0.15, 0.2) is 6.23 Å². The van der Waals surface area contributed by atoms with Crippen molar-refractivity contribution in [3.05, 3.63) is 0 Å². The van der Waals surface area contributed by atoms with Crippen LogP contribution in [-0.2, 0) is 19.1 Å². The highest BCUT2D eigenvalue weighted by Gasteiger charge is 2.71. The van der Waals surface area contributed by atoms with Crippen LogP contribution in [0.2, 0.25) is 0 Å². The monoisotopic (exact) mass is 211 g/mol. The van der Waals surface area contributed by atoms with E-state index in [1.807, 2.05) is 0 Å². The number of rotatable bonds is 1. The Morgan fingerprint density at radius 3 is 2.87 bits per heavy atom. The molecule has 0 spiro atoms. The van der Waals surface area contributed by atoms with E-state index in [9.17, 15) is 14.4 Å². The first-order chi connectivity index (χ1) is 7.11. The third-order valence-electron chi connectivity index (χ3n) is 3.16. The standard InChI is InChI=1S/C9H9NO5/c1-3(11)15-8-6-5(7(6)12)4-2-14-9(13)10(4)8/h4-6,8H,2H2,1H3. The molecule has 6 nitrogen and oxygen atoms in total. The van der Waals surface area contributed by atoms with E-state index in [2.05, 4.69) is 0 Å². The molecule has 3 rings (SSSR count). The van der Waals surface area contributed by atoms with Crippen LogP contribution in [0, 0.1) is 11.8 Å². The summed E-state index contributed by atoms with van der Waals surface area (Å²) >= 11 is 0. The van der Waals surface area contributed by atoms with Crippen LogP contribution in [0.3, 0.4) is 0 Å². The van der Waals surface area contributed by atoms with Gasteiger partial charge in [-0.3, -0.25) is 14.5 Å². The molecule has 0 N–H and O–H groups in total. The lowest BCUT2D eigenvalue weighted by Crippen LogP contribution is -2.42. The molecule has 3 aliphatic rings. The van der Waals surface area contributed by atoms with E-state index >= 15 is 0 Å². The van der Waals surface area contributed by atoms with Crippen LogP contribution in [-0.4, -0.2) is 41.6 Å². The molecule has 80 valence electrons. The predicted octanol–water partition coefficient (Wildman–Crippen LogP) is -0.475. The third kappa shape index (κ3) is 0.961. The number of piperidine rings is 1. The number of fused-ring (bicyclic) bond motifs is 3. The Morgan fingerprint density at radius 1 is 1.47 bits per heavy atom. The number of nitrogens with zero attached hydrogens (tertiary/aromatic N) is 1. The largest absolute Gasteiger partial charge is 0.447 e. The average Bonchev–Trinajstić information content (AvgIpc) is 2.54. The zero-order chi connectivity index (χ0) is 10.7. The molecule has 4 unspecified atom stereocenters. The number of carbonyl (C=O) groups excluding carboxylic acids is 3. The normalized spacial score (nSPS) is 41.0. The van der Waals surface area contributed by atoms with Crippen LogP contribution in [0.1, 0.15) is 6.92 Å². The lowest BCUT2D eigenvalue weighted by molar-refractivity contribution is -0.154. The summed E-state index contributed by atoms with van der Waals surface area (Å²) in [5.41, 5.74) is 0. The van der Waals surface area contributed by atoms with Gasteiger partial charge in [-0.05, 0) is 0 Å². The second-order valence-electron chi connectivity index (χ2n) is 4.01. The van der Waals surface area contributed by atoms with Gasteiger partial charge in [-0.15, -0.1) is 0 Å². The summed E-state index contributed by atoms with van der Waals surface area (Å²) in [5, 5.41) is 0. The molecule has 1 saturated carbocycles. The molecule has 3 fully saturated rings. The van der Waals surface area contributed by atoms with Crippen molar-refractivity contribution >= 4 is 17.8 Å². The first-order valence-electron chi connectivity index (χ1n) is 4.77. The molecular weight excluding hydrogens is 202 g/mol. The maximum absolute atomic E-state index is 11.4. The Labute approximate surface area is 85.1 Å². The molecule has 0 bridgehead atoms. The number of hydrogen-bond donors (Lipinski definition) is 0. The number of hydrogen-bond acceptors (Lipinski definition) is 5. The summed E-state index contributed by atoms with van der Waals surface area (Å²) in [6.07, 6.45) is -1.23. The maximum atomic E-state index is 11.4. The Kier molecular flexibility index (Phi) is 1.45. The Bertz CT molecular complexity index is 379. The minimum Gasteiger partial charge on any atom is -0.447 e. The van der Waals surface area contributed by atoms with Crippen LogP contribution >= 0.6 is 0 Å². The van der Waals surface area contributed by atoms with Gasteiger partial charge in [-0.25, -0.2) is 4.79 Å². The minimum absolute atomic E-state index is 0.0702. The van der Waals surface area contributed by atoms with Crippen LogP contribution in [0.5, 0.6) is 0 Å². The minimum atomic E-state index is -0.736. The molecule has 0 aromatic rings. The summed E-state index contributed by atoms with van der Waals surface area (Å²) in [4.78, 5) is 34.9. The second-order valence-corrected chi connectivity index (χ2v) is 4.01. The van der Waals surface area contributed by atoms with Gasteiger partial charge >= 0.3 is 12.1 Å². The molecule has 2 saturated heterocycles. The second kappa shape index (κ2) is 2.50. The molecule has 15 heavy (non-hydrogen) atoms.